The molecule has 0 aliphatic heterocycles. The molecule has 2 rings (SSSR count). The van der Waals surface area contributed by atoms with Crippen LogP contribution in [0.15, 0.2) is 52.8 Å². The number of nitrogens with zero attached hydrogens (tertiary/aromatic N) is 3. The molecule has 16 heavy (non-hydrogen) atoms. The summed E-state index contributed by atoms with van der Waals surface area (Å²) >= 11 is 0. The Labute approximate surface area is 93.3 Å². The molecule has 0 aliphatic carbocycles. The summed E-state index contributed by atoms with van der Waals surface area (Å²) in [5, 5.41) is 17.3. The zero-order valence-electron chi connectivity index (χ0n) is 8.83. The lowest BCUT2D eigenvalue weighted by atomic mass is 10.2. The molecule has 4 heteroatoms. The summed E-state index contributed by atoms with van der Waals surface area (Å²) in [4.78, 5) is 4.02. The molecule has 0 unspecified atom stereocenters. The molecule has 1 N–H and O–H groups in total. The van der Waals surface area contributed by atoms with Gasteiger partial charge in [-0.2, -0.15) is 0 Å². The molecule has 0 radical (unpaired) electrons. The quantitative estimate of drug-likeness (QED) is 0.776. The van der Waals surface area contributed by atoms with Crippen LogP contribution >= 0.6 is 0 Å². The molecule has 1 aromatic carbocycles. The van der Waals surface area contributed by atoms with Crippen molar-refractivity contribution in [3.05, 3.63) is 48.2 Å². The first kappa shape index (κ1) is 10.3. The van der Waals surface area contributed by atoms with E-state index in [0.29, 0.717) is 11.5 Å². The summed E-state index contributed by atoms with van der Waals surface area (Å²) in [6.07, 6.45) is 1.66. The van der Waals surface area contributed by atoms with Gasteiger partial charge in [-0.15, -0.1) is 10.2 Å². The van der Waals surface area contributed by atoms with E-state index in [-0.39, 0.29) is 5.75 Å². The summed E-state index contributed by atoms with van der Waals surface area (Å²) < 4.78 is 0. The number of hydrogen-bond donors (Lipinski definition) is 1. The topological polar surface area (TPSA) is 57.8 Å². The Morgan fingerprint density at radius 2 is 2.00 bits per heavy atom. The number of aromatic hydroxyl groups is 1. The van der Waals surface area contributed by atoms with Crippen molar-refractivity contribution in [2.45, 2.75) is 6.92 Å². The minimum atomic E-state index is 0.181. The van der Waals surface area contributed by atoms with E-state index in [9.17, 15) is 5.11 Å². The van der Waals surface area contributed by atoms with Crippen molar-refractivity contribution in [3.8, 4) is 5.75 Å². The maximum absolute atomic E-state index is 9.32. The van der Waals surface area contributed by atoms with Gasteiger partial charge in [0.15, 0.2) is 5.82 Å². The molecule has 1 aromatic heterocycles. The standard InChI is InChI=1S/C12H11N3O/c1-9-5-6-10(16)8-11(9)14-15-12-4-2-3-7-13-12/h2-8,16H,1H3. The van der Waals surface area contributed by atoms with Crippen molar-refractivity contribution >= 4 is 11.5 Å². The summed E-state index contributed by atoms with van der Waals surface area (Å²) in [7, 11) is 0. The molecular formula is C12H11N3O. The highest BCUT2D eigenvalue weighted by Gasteiger charge is 1.98. The SMILES string of the molecule is Cc1ccc(O)cc1N=Nc1ccccn1. The molecule has 0 aliphatic rings. The second kappa shape index (κ2) is 4.53. The normalized spacial score (nSPS) is 10.8. The lowest BCUT2D eigenvalue weighted by molar-refractivity contribution is 0.475. The van der Waals surface area contributed by atoms with Crippen LogP contribution in [0.5, 0.6) is 5.75 Å². The minimum Gasteiger partial charge on any atom is -0.508 e. The van der Waals surface area contributed by atoms with Crippen LogP contribution in [-0.4, -0.2) is 10.1 Å². The van der Waals surface area contributed by atoms with E-state index in [1.54, 1.807) is 30.5 Å². The van der Waals surface area contributed by atoms with Crippen molar-refractivity contribution < 1.29 is 5.11 Å². The van der Waals surface area contributed by atoms with Gasteiger partial charge < -0.3 is 5.11 Å². The number of azo groups is 1. The Morgan fingerprint density at radius 3 is 2.75 bits per heavy atom. The number of aromatic nitrogens is 1. The highest BCUT2D eigenvalue weighted by atomic mass is 16.3. The van der Waals surface area contributed by atoms with Gasteiger partial charge in [-0.3, -0.25) is 0 Å². The van der Waals surface area contributed by atoms with E-state index in [2.05, 4.69) is 15.2 Å². The van der Waals surface area contributed by atoms with Gasteiger partial charge in [0.05, 0.1) is 5.69 Å². The van der Waals surface area contributed by atoms with Gasteiger partial charge in [0.1, 0.15) is 5.75 Å². The number of aryl methyl sites for hydroxylation is 1. The predicted molar refractivity (Wildman–Crippen MR) is 61.3 cm³/mol. The van der Waals surface area contributed by atoms with Crippen LogP contribution in [0.2, 0.25) is 0 Å². The number of hydrogen-bond acceptors (Lipinski definition) is 4. The maximum atomic E-state index is 9.32. The highest BCUT2D eigenvalue weighted by molar-refractivity contribution is 5.49. The van der Waals surface area contributed by atoms with Crippen LogP contribution in [0.3, 0.4) is 0 Å². The molecular weight excluding hydrogens is 202 g/mol. The van der Waals surface area contributed by atoms with Gasteiger partial charge in [0.2, 0.25) is 0 Å². The molecule has 0 fully saturated rings. The predicted octanol–water partition coefficient (Wildman–Crippen LogP) is 3.51. The van der Waals surface area contributed by atoms with Gasteiger partial charge in [0.25, 0.3) is 0 Å². The van der Waals surface area contributed by atoms with E-state index in [1.165, 1.54) is 0 Å². The Bertz CT molecular complexity index is 509. The Balaban J connectivity index is 2.27. The number of benzene rings is 1. The number of rotatable bonds is 2. The smallest absolute Gasteiger partial charge is 0.174 e. The Morgan fingerprint density at radius 1 is 1.12 bits per heavy atom. The third kappa shape index (κ3) is 2.42. The van der Waals surface area contributed by atoms with Crippen molar-refractivity contribution in [2.24, 2.45) is 10.2 Å². The van der Waals surface area contributed by atoms with Gasteiger partial charge in [-0.05, 0) is 30.7 Å². The van der Waals surface area contributed by atoms with E-state index in [1.807, 2.05) is 19.1 Å². The molecule has 4 nitrogen and oxygen atoms in total. The average Bonchev–Trinajstić information content (AvgIpc) is 2.32. The van der Waals surface area contributed by atoms with Gasteiger partial charge >= 0.3 is 0 Å². The van der Waals surface area contributed by atoms with Crippen molar-refractivity contribution in [2.75, 3.05) is 0 Å². The Kier molecular flexibility index (Phi) is 2.91. The highest BCUT2D eigenvalue weighted by Crippen LogP contribution is 2.25. The van der Waals surface area contributed by atoms with Crippen molar-refractivity contribution in [3.63, 3.8) is 0 Å². The Hall–Kier alpha value is -2.23. The van der Waals surface area contributed by atoms with Gasteiger partial charge in [0, 0.05) is 12.3 Å². The molecule has 1 heterocycles. The molecule has 0 amide bonds. The van der Waals surface area contributed by atoms with E-state index in [0.717, 1.165) is 5.56 Å². The van der Waals surface area contributed by atoms with Crippen molar-refractivity contribution in [1.82, 2.24) is 4.98 Å². The maximum Gasteiger partial charge on any atom is 0.174 e. The first-order valence-electron chi connectivity index (χ1n) is 4.88. The van der Waals surface area contributed by atoms with Crippen LogP contribution in [0, 0.1) is 6.92 Å². The first-order valence-corrected chi connectivity index (χ1v) is 4.88. The molecule has 0 spiro atoms. The fourth-order valence-corrected chi connectivity index (χ4v) is 1.22. The second-order valence-electron chi connectivity index (χ2n) is 3.36. The van der Waals surface area contributed by atoms with Gasteiger partial charge in [-0.25, -0.2) is 4.98 Å². The zero-order valence-corrected chi connectivity index (χ0v) is 8.83. The van der Waals surface area contributed by atoms with E-state index in [4.69, 9.17) is 0 Å². The van der Waals surface area contributed by atoms with Crippen LogP contribution in [0.25, 0.3) is 0 Å². The number of phenolic OH excluding ortho intramolecular Hbond substituents is 1. The van der Waals surface area contributed by atoms with Crippen LogP contribution in [0.4, 0.5) is 11.5 Å². The number of phenols is 1. The molecule has 0 saturated heterocycles. The molecule has 0 bridgehead atoms. The summed E-state index contributed by atoms with van der Waals surface area (Å²) in [6.45, 7) is 1.91. The molecule has 80 valence electrons. The van der Waals surface area contributed by atoms with E-state index < -0.39 is 0 Å². The molecule has 2 aromatic rings. The van der Waals surface area contributed by atoms with Crippen LogP contribution in [0.1, 0.15) is 5.56 Å². The van der Waals surface area contributed by atoms with Gasteiger partial charge in [-0.1, -0.05) is 12.1 Å². The lowest BCUT2D eigenvalue weighted by Gasteiger charge is -1.98. The zero-order chi connectivity index (χ0) is 11.4. The molecule has 0 atom stereocenters. The third-order valence-electron chi connectivity index (χ3n) is 2.10. The second-order valence-corrected chi connectivity index (χ2v) is 3.36. The summed E-state index contributed by atoms with van der Waals surface area (Å²) in [5.74, 6) is 0.728. The fourth-order valence-electron chi connectivity index (χ4n) is 1.22. The van der Waals surface area contributed by atoms with Crippen molar-refractivity contribution in [1.29, 1.82) is 0 Å². The summed E-state index contributed by atoms with van der Waals surface area (Å²) in [6, 6.07) is 10.4. The third-order valence-corrected chi connectivity index (χ3v) is 2.10. The average molecular weight is 213 g/mol. The number of pyridine rings is 1. The minimum absolute atomic E-state index is 0.181. The summed E-state index contributed by atoms with van der Waals surface area (Å²) in [5.41, 5.74) is 1.60. The lowest BCUT2D eigenvalue weighted by Crippen LogP contribution is -1.74. The van der Waals surface area contributed by atoms with Crippen LogP contribution in [-0.2, 0) is 0 Å². The molecule has 0 saturated carbocycles. The fraction of sp³-hybridized carbons (Fsp3) is 0.0833. The van der Waals surface area contributed by atoms with E-state index >= 15 is 0 Å². The monoisotopic (exact) mass is 213 g/mol. The van der Waals surface area contributed by atoms with Crippen LogP contribution < -0.4 is 0 Å². The largest absolute Gasteiger partial charge is 0.508 e. The first-order chi connectivity index (χ1) is 7.75.